The fourth-order valence-corrected chi connectivity index (χ4v) is 3.41. The molecule has 18 heavy (non-hydrogen) atoms. The Labute approximate surface area is 111 Å². The van der Waals surface area contributed by atoms with E-state index >= 15 is 0 Å². The number of aliphatic hydroxyl groups excluding tert-OH is 1. The van der Waals surface area contributed by atoms with E-state index < -0.39 is 0 Å². The van der Waals surface area contributed by atoms with Gasteiger partial charge in [-0.3, -0.25) is 0 Å². The molecule has 2 aromatic carbocycles. The van der Waals surface area contributed by atoms with Gasteiger partial charge in [-0.15, -0.1) is 0 Å². The van der Waals surface area contributed by atoms with Gasteiger partial charge in [0.05, 0.1) is 5.76 Å². The highest BCUT2D eigenvalue weighted by atomic mass is 32.2. The number of benzene rings is 2. The Morgan fingerprint density at radius 2 is 1.72 bits per heavy atom. The fourth-order valence-electron chi connectivity index (χ4n) is 2.34. The minimum absolute atomic E-state index is 0.384. The van der Waals surface area contributed by atoms with Crippen molar-refractivity contribution in [2.45, 2.75) is 23.6 Å². The van der Waals surface area contributed by atoms with E-state index in [1.807, 2.05) is 12.1 Å². The first-order chi connectivity index (χ1) is 8.66. The predicted octanol–water partition coefficient (Wildman–Crippen LogP) is 4.80. The molecule has 2 aromatic rings. The molecule has 0 saturated heterocycles. The third-order valence-electron chi connectivity index (χ3n) is 3.14. The maximum absolute atomic E-state index is 10.0. The van der Waals surface area contributed by atoms with E-state index in [2.05, 4.69) is 37.3 Å². The van der Waals surface area contributed by atoms with Crippen LogP contribution in [0.1, 0.15) is 23.6 Å². The van der Waals surface area contributed by atoms with Gasteiger partial charge < -0.3 is 5.11 Å². The summed E-state index contributed by atoms with van der Waals surface area (Å²) in [6.07, 6.45) is 0. The highest BCUT2D eigenvalue weighted by molar-refractivity contribution is 7.99. The Bertz CT molecular complexity index is 652. The molecule has 0 spiro atoms. The first-order valence-electron chi connectivity index (χ1n) is 5.95. The Hall–Kier alpha value is -1.67. The zero-order chi connectivity index (χ0) is 12.7. The lowest BCUT2D eigenvalue weighted by molar-refractivity contribution is 0.417. The predicted molar refractivity (Wildman–Crippen MR) is 76.1 cm³/mol. The summed E-state index contributed by atoms with van der Waals surface area (Å²) in [5.74, 6) is 0.384. The molecule has 3 rings (SSSR count). The number of allylic oxidation sites excluding steroid dienone is 1. The van der Waals surface area contributed by atoms with Crippen LogP contribution in [0.5, 0.6) is 0 Å². The first-order valence-corrected chi connectivity index (χ1v) is 6.76. The molecule has 0 bridgehead atoms. The molecular weight excluding hydrogens is 240 g/mol. The van der Waals surface area contributed by atoms with Gasteiger partial charge in [0, 0.05) is 15.4 Å². The normalized spacial score (nSPS) is 15.9. The largest absolute Gasteiger partial charge is 0.512 e. The van der Waals surface area contributed by atoms with Crippen LogP contribution in [0.15, 0.2) is 58.0 Å². The smallest absolute Gasteiger partial charge is 0.0976 e. The van der Waals surface area contributed by atoms with E-state index in [1.54, 1.807) is 18.7 Å². The zero-order valence-electron chi connectivity index (χ0n) is 10.4. The summed E-state index contributed by atoms with van der Waals surface area (Å²) >= 11 is 1.77. The van der Waals surface area contributed by atoms with Crippen LogP contribution in [-0.4, -0.2) is 5.11 Å². The molecule has 2 heteroatoms. The standard InChI is InChI=1S/C16H14OS/c1-10-7-8-15-13(9-10)16(11(2)17)12-5-3-4-6-14(12)18-15/h3-9,17H,1-2H3/b16-11+. The summed E-state index contributed by atoms with van der Waals surface area (Å²) in [7, 11) is 0. The second-order valence-corrected chi connectivity index (χ2v) is 5.64. The van der Waals surface area contributed by atoms with Gasteiger partial charge in [0.25, 0.3) is 0 Å². The van der Waals surface area contributed by atoms with Gasteiger partial charge in [0.2, 0.25) is 0 Å². The van der Waals surface area contributed by atoms with E-state index in [4.69, 9.17) is 0 Å². The number of hydrogen-bond acceptors (Lipinski definition) is 2. The summed E-state index contributed by atoms with van der Waals surface area (Å²) in [5, 5.41) is 10.0. The molecule has 1 aliphatic rings. The van der Waals surface area contributed by atoms with Crippen molar-refractivity contribution in [3.05, 3.63) is 64.9 Å². The minimum Gasteiger partial charge on any atom is -0.512 e. The monoisotopic (exact) mass is 254 g/mol. The molecule has 0 atom stereocenters. The summed E-state index contributed by atoms with van der Waals surface area (Å²) in [6, 6.07) is 14.6. The van der Waals surface area contributed by atoms with Crippen molar-refractivity contribution in [3.63, 3.8) is 0 Å². The average Bonchev–Trinajstić information content (AvgIpc) is 2.35. The highest BCUT2D eigenvalue weighted by Crippen LogP contribution is 2.46. The van der Waals surface area contributed by atoms with Crippen molar-refractivity contribution in [2.75, 3.05) is 0 Å². The van der Waals surface area contributed by atoms with Gasteiger partial charge in [-0.05, 0) is 37.1 Å². The van der Waals surface area contributed by atoms with E-state index in [1.165, 1.54) is 15.4 Å². The van der Waals surface area contributed by atoms with Crippen LogP contribution in [-0.2, 0) is 0 Å². The van der Waals surface area contributed by atoms with Gasteiger partial charge in [0.15, 0.2) is 0 Å². The number of hydrogen-bond donors (Lipinski definition) is 1. The van der Waals surface area contributed by atoms with E-state index in [9.17, 15) is 5.11 Å². The van der Waals surface area contributed by atoms with Crippen molar-refractivity contribution < 1.29 is 5.11 Å². The zero-order valence-corrected chi connectivity index (χ0v) is 11.2. The van der Waals surface area contributed by atoms with E-state index in [-0.39, 0.29) is 0 Å². The van der Waals surface area contributed by atoms with Crippen molar-refractivity contribution in [1.29, 1.82) is 0 Å². The van der Waals surface area contributed by atoms with Crippen LogP contribution in [0.3, 0.4) is 0 Å². The molecule has 1 heterocycles. The first kappa shape index (κ1) is 11.4. The van der Waals surface area contributed by atoms with Crippen molar-refractivity contribution in [2.24, 2.45) is 0 Å². The molecule has 0 unspecified atom stereocenters. The van der Waals surface area contributed by atoms with Gasteiger partial charge in [-0.1, -0.05) is 47.7 Å². The summed E-state index contributed by atoms with van der Waals surface area (Å²) in [5.41, 5.74) is 4.44. The van der Waals surface area contributed by atoms with Crippen LogP contribution in [0.2, 0.25) is 0 Å². The maximum Gasteiger partial charge on any atom is 0.0976 e. The van der Waals surface area contributed by atoms with Crippen LogP contribution >= 0.6 is 11.8 Å². The van der Waals surface area contributed by atoms with Gasteiger partial charge in [-0.2, -0.15) is 0 Å². The van der Waals surface area contributed by atoms with Gasteiger partial charge in [-0.25, -0.2) is 0 Å². The minimum atomic E-state index is 0.384. The van der Waals surface area contributed by atoms with Crippen molar-refractivity contribution in [1.82, 2.24) is 0 Å². The molecule has 0 aliphatic carbocycles. The van der Waals surface area contributed by atoms with Crippen LogP contribution in [0.25, 0.3) is 5.57 Å². The Kier molecular flexibility index (Phi) is 2.67. The molecule has 0 aromatic heterocycles. The summed E-state index contributed by atoms with van der Waals surface area (Å²) in [4.78, 5) is 2.42. The Morgan fingerprint density at radius 1 is 1.00 bits per heavy atom. The molecular formula is C16H14OS. The third kappa shape index (κ3) is 1.73. The lowest BCUT2D eigenvalue weighted by Crippen LogP contribution is -2.01. The van der Waals surface area contributed by atoms with Gasteiger partial charge >= 0.3 is 0 Å². The fraction of sp³-hybridized carbons (Fsp3) is 0.125. The number of aliphatic hydroxyl groups is 1. The molecule has 0 radical (unpaired) electrons. The number of fused-ring (bicyclic) bond motifs is 2. The lowest BCUT2D eigenvalue weighted by Gasteiger charge is -2.22. The molecule has 1 nitrogen and oxygen atoms in total. The van der Waals surface area contributed by atoms with Crippen molar-refractivity contribution >= 4 is 17.3 Å². The van der Waals surface area contributed by atoms with E-state index in [0.717, 1.165) is 16.7 Å². The van der Waals surface area contributed by atoms with Crippen LogP contribution < -0.4 is 0 Å². The maximum atomic E-state index is 10.0. The Morgan fingerprint density at radius 3 is 2.50 bits per heavy atom. The summed E-state index contributed by atoms with van der Waals surface area (Å²) < 4.78 is 0. The quantitative estimate of drug-likeness (QED) is 0.582. The SMILES string of the molecule is C/C(O)=C1/c2ccccc2Sc2ccc(C)cc21. The average molecular weight is 254 g/mol. The second-order valence-electron chi connectivity index (χ2n) is 4.56. The third-order valence-corrected chi connectivity index (χ3v) is 4.29. The van der Waals surface area contributed by atoms with Crippen LogP contribution in [0.4, 0.5) is 0 Å². The van der Waals surface area contributed by atoms with E-state index in [0.29, 0.717) is 5.76 Å². The molecule has 0 fully saturated rings. The molecule has 90 valence electrons. The summed E-state index contributed by atoms with van der Waals surface area (Å²) in [6.45, 7) is 3.84. The second kappa shape index (κ2) is 4.21. The number of rotatable bonds is 0. The van der Waals surface area contributed by atoms with Crippen molar-refractivity contribution in [3.8, 4) is 0 Å². The number of aryl methyl sites for hydroxylation is 1. The Balaban J connectivity index is 2.32. The molecule has 1 aliphatic heterocycles. The topological polar surface area (TPSA) is 20.2 Å². The molecule has 0 amide bonds. The molecule has 0 saturated carbocycles. The highest BCUT2D eigenvalue weighted by Gasteiger charge is 2.22. The molecule has 1 N–H and O–H groups in total. The lowest BCUT2D eigenvalue weighted by atomic mass is 9.95. The van der Waals surface area contributed by atoms with Gasteiger partial charge in [0.1, 0.15) is 0 Å². The van der Waals surface area contributed by atoms with Crippen LogP contribution in [0, 0.1) is 6.92 Å².